The lowest BCUT2D eigenvalue weighted by Gasteiger charge is -2.07. The van der Waals surface area contributed by atoms with E-state index < -0.39 is 0 Å². The first-order chi connectivity index (χ1) is 11.7. The summed E-state index contributed by atoms with van der Waals surface area (Å²) < 4.78 is 0. The summed E-state index contributed by atoms with van der Waals surface area (Å²) in [5.74, 6) is -0.587. The summed E-state index contributed by atoms with van der Waals surface area (Å²) in [6.07, 6.45) is 10.2. The van der Waals surface area contributed by atoms with E-state index in [-0.39, 0.29) is 11.8 Å². The summed E-state index contributed by atoms with van der Waals surface area (Å²) in [5, 5.41) is 1.95. The van der Waals surface area contributed by atoms with E-state index in [1.165, 1.54) is 42.2 Å². The molecule has 6 heteroatoms. The van der Waals surface area contributed by atoms with Crippen LogP contribution in [0, 0.1) is 0 Å². The van der Waals surface area contributed by atoms with Gasteiger partial charge in [0.15, 0.2) is 0 Å². The zero-order valence-corrected chi connectivity index (χ0v) is 15.0. The van der Waals surface area contributed by atoms with Crippen LogP contribution >= 0.6 is 22.7 Å². The standard InChI is InChI=1S/C18H20N2O2S2/c21-17(10-9-14-7-5-11-23-14)19-20-18(22)16-12-13-6-3-1-2-4-8-15(13)24-16/h5,7,9-12H,1-4,6,8H2,(H,19,21)(H,20,22)/b10-9+. The highest BCUT2D eigenvalue weighted by Crippen LogP contribution is 2.28. The third-order valence-corrected chi connectivity index (χ3v) is 6.04. The summed E-state index contributed by atoms with van der Waals surface area (Å²) in [6, 6.07) is 5.83. The van der Waals surface area contributed by atoms with Crippen LogP contribution in [0.5, 0.6) is 0 Å². The Morgan fingerprint density at radius 2 is 1.92 bits per heavy atom. The first kappa shape index (κ1) is 16.9. The van der Waals surface area contributed by atoms with E-state index in [1.54, 1.807) is 28.7 Å². The van der Waals surface area contributed by atoms with Crippen molar-refractivity contribution in [1.29, 1.82) is 0 Å². The molecule has 0 fully saturated rings. The minimum atomic E-state index is -0.341. The first-order valence-electron chi connectivity index (χ1n) is 8.16. The van der Waals surface area contributed by atoms with Crippen molar-refractivity contribution in [2.75, 3.05) is 0 Å². The number of fused-ring (bicyclic) bond motifs is 1. The Morgan fingerprint density at radius 1 is 1.08 bits per heavy atom. The SMILES string of the molecule is O=C(/C=C/c1cccs1)NNC(=O)c1cc2c(s1)CCCCCC2. The summed E-state index contributed by atoms with van der Waals surface area (Å²) in [6.45, 7) is 0. The van der Waals surface area contributed by atoms with Crippen LogP contribution in [0.4, 0.5) is 0 Å². The van der Waals surface area contributed by atoms with E-state index in [4.69, 9.17) is 0 Å². The summed E-state index contributed by atoms with van der Waals surface area (Å²) >= 11 is 3.10. The molecule has 0 saturated heterocycles. The van der Waals surface area contributed by atoms with Crippen LogP contribution in [-0.2, 0) is 17.6 Å². The third-order valence-electron chi connectivity index (χ3n) is 3.96. The summed E-state index contributed by atoms with van der Waals surface area (Å²) in [4.78, 5) is 27.0. The highest BCUT2D eigenvalue weighted by molar-refractivity contribution is 7.14. The Hall–Kier alpha value is -1.92. The maximum absolute atomic E-state index is 12.2. The number of hydrazine groups is 1. The molecule has 0 radical (unpaired) electrons. The average molecular weight is 361 g/mol. The molecule has 0 saturated carbocycles. The molecule has 0 aromatic carbocycles. The van der Waals surface area contributed by atoms with Crippen molar-refractivity contribution in [1.82, 2.24) is 10.9 Å². The molecule has 3 rings (SSSR count). The van der Waals surface area contributed by atoms with E-state index in [0.717, 1.165) is 17.7 Å². The Morgan fingerprint density at radius 3 is 2.71 bits per heavy atom. The number of carbonyl (C=O) groups excluding carboxylic acids is 2. The Balaban J connectivity index is 1.55. The van der Waals surface area contributed by atoms with Gasteiger partial charge < -0.3 is 0 Å². The quantitative estimate of drug-likeness (QED) is 0.643. The molecule has 2 amide bonds. The van der Waals surface area contributed by atoms with Crippen LogP contribution in [0.3, 0.4) is 0 Å². The minimum Gasteiger partial charge on any atom is -0.268 e. The topological polar surface area (TPSA) is 58.2 Å². The van der Waals surface area contributed by atoms with E-state index in [0.29, 0.717) is 4.88 Å². The molecule has 2 heterocycles. The third kappa shape index (κ3) is 4.55. The number of rotatable bonds is 3. The predicted octanol–water partition coefficient (Wildman–Crippen LogP) is 3.94. The molecular weight excluding hydrogens is 340 g/mol. The first-order valence-corrected chi connectivity index (χ1v) is 9.85. The molecule has 1 aliphatic carbocycles. The average Bonchev–Trinajstić information content (AvgIpc) is 3.20. The van der Waals surface area contributed by atoms with Crippen molar-refractivity contribution in [2.24, 2.45) is 0 Å². The fourth-order valence-electron chi connectivity index (χ4n) is 2.72. The van der Waals surface area contributed by atoms with Gasteiger partial charge in [0.05, 0.1) is 4.88 Å². The maximum Gasteiger partial charge on any atom is 0.279 e. The van der Waals surface area contributed by atoms with Crippen molar-refractivity contribution in [2.45, 2.75) is 38.5 Å². The lowest BCUT2D eigenvalue weighted by Crippen LogP contribution is -2.40. The zero-order valence-electron chi connectivity index (χ0n) is 13.3. The zero-order chi connectivity index (χ0) is 16.8. The van der Waals surface area contributed by atoms with Gasteiger partial charge in [0.1, 0.15) is 0 Å². The second kappa shape index (κ2) is 8.26. The molecule has 0 bridgehead atoms. The monoisotopic (exact) mass is 360 g/mol. The molecule has 0 aliphatic heterocycles. The second-order valence-corrected chi connectivity index (χ2v) is 7.88. The van der Waals surface area contributed by atoms with Gasteiger partial charge in [-0.05, 0) is 54.8 Å². The Labute approximate surface area is 149 Å². The van der Waals surface area contributed by atoms with Gasteiger partial charge in [-0.25, -0.2) is 0 Å². The van der Waals surface area contributed by atoms with Gasteiger partial charge in [-0.15, -0.1) is 22.7 Å². The van der Waals surface area contributed by atoms with Crippen LogP contribution in [0.15, 0.2) is 29.7 Å². The number of carbonyl (C=O) groups is 2. The van der Waals surface area contributed by atoms with Crippen LogP contribution in [-0.4, -0.2) is 11.8 Å². The van der Waals surface area contributed by atoms with Crippen molar-refractivity contribution in [3.05, 3.63) is 49.9 Å². The van der Waals surface area contributed by atoms with E-state index in [1.807, 2.05) is 23.6 Å². The number of amides is 2. The fraction of sp³-hybridized carbons (Fsp3) is 0.333. The Bertz CT molecular complexity index is 707. The van der Waals surface area contributed by atoms with Crippen LogP contribution in [0.25, 0.3) is 6.08 Å². The molecule has 2 aromatic rings. The minimum absolute atomic E-state index is 0.246. The van der Waals surface area contributed by atoms with Gasteiger partial charge in [0.25, 0.3) is 11.8 Å². The van der Waals surface area contributed by atoms with Crippen molar-refractivity contribution < 1.29 is 9.59 Å². The number of nitrogens with one attached hydrogen (secondary N) is 2. The van der Waals surface area contributed by atoms with Crippen molar-refractivity contribution in [3.63, 3.8) is 0 Å². The molecule has 2 N–H and O–H groups in total. The normalized spacial score (nSPS) is 14.7. The van der Waals surface area contributed by atoms with Crippen LogP contribution in [0.2, 0.25) is 0 Å². The summed E-state index contributed by atoms with van der Waals surface area (Å²) in [5.41, 5.74) is 6.23. The molecule has 2 aromatic heterocycles. The molecular formula is C18H20N2O2S2. The van der Waals surface area contributed by atoms with Gasteiger partial charge in [0, 0.05) is 15.8 Å². The highest BCUT2D eigenvalue weighted by atomic mass is 32.1. The van der Waals surface area contributed by atoms with E-state index >= 15 is 0 Å². The predicted molar refractivity (Wildman–Crippen MR) is 99.2 cm³/mol. The molecule has 0 unspecified atom stereocenters. The fourth-order valence-corrected chi connectivity index (χ4v) is 4.49. The second-order valence-electron chi connectivity index (χ2n) is 5.77. The number of aryl methyl sites for hydroxylation is 2. The van der Waals surface area contributed by atoms with Gasteiger partial charge in [-0.1, -0.05) is 18.9 Å². The molecule has 24 heavy (non-hydrogen) atoms. The van der Waals surface area contributed by atoms with Crippen molar-refractivity contribution in [3.8, 4) is 0 Å². The number of hydrogen-bond acceptors (Lipinski definition) is 4. The maximum atomic E-state index is 12.2. The van der Waals surface area contributed by atoms with Gasteiger partial charge >= 0.3 is 0 Å². The van der Waals surface area contributed by atoms with Crippen LogP contribution < -0.4 is 10.9 Å². The smallest absolute Gasteiger partial charge is 0.268 e. The molecule has 126 valence electrons. The molecule has 4 nitrogen and oxygen atoms in total. The number of hydrogen-bond donors (Lipinski definition) is 2. The lowest BCUT2D eigenvalue weighted by molar-refractivity contribution is -0.117. The molecule has 0 spiro atoms. The van der Waals surface area contributed by atoms with Gasteiger partial charge in [-0.2, -0.15) is 0 Å². The van der Waals surface area contributed by atoms with Crippen molar-refractivity contribution >= 4 is 40.6 Å². The van der Waals surface area contributed by atoms with Crippen LogP contribution in [0.1, 0.15) is 50.7 Å². The largest absolute Gasteiger partial charge is 0.279 e. The van der Waals surface area contributed by atoms with E-state index in [2.05, 4.69) is 10.9 Å². The van der Waals surface area contributed by atoms with E-state index in [9.17, 15) is 9.59 Å². The summed E-state index contributed by atoms with van der Waals surface area (Å²) in [7, 11) is 0. The molecule has 0 atom stereocenters. The number of thiophene rings is 2. The van der Waals surface area contributed by atoms with Gasteiger partial charge in [0.2, 0.25) is 0 Å². The molecule has 1 aliphatic rings. The Kier molecular flexibility index (Phi) is 5.82. The highest BCUT2D eigenvalue weighted by Gasteiger charge is 2.16. The lowest BCUT2D eigenvalue weighted by atomic mass is 10.00. The van der Waals surface area contributed by atoms with Gasteiger partial charge in [-0.3, -0.25) is 20.4 Å².